The van der Waals surface area contributed by atoms with E-state index in [2.05, 4.69) is 11.4 Å². The van der Waals surface area contributed by atoms with Crippen LogP contribution in [0.25, 0.3) is 0 Å². The zero-order chi connectivity index (χ0) is 18.4. The second-order valence-electron chi connectivity index (χ2n) is 8.64. The third-order valence-corrected chi connectivity index (χ3v) is 5.69. The molecule has 2 amide bonds. The number of fused-ring (bicyclic) bond motifs is 1. The van der Waals surface area contributed by atoms with Crippen LogP contribution in [0.15, 0.2) is 0 Å². The number of nitrogens with zero attached hydrogens (tertiary/aromatic N) is 2. The topological polar surface area (TPSA) is 103 Å². The second kappa shape index (κ2) is 6.17. The van der Waals surface area contributed by atoms with Crippen LogP contribution >= 0.6 is 0 Å². The number of carbonyl (C=O) groups is 2. The van der Waals surface area contributed by atoms with Gasteiger partial charge in [-0.15, -0.1) is 0 Å². The minimum atomic E-state index is -0.851. The average molecular weight is 349 g/mol. The Bertz CT molecular complexity index is 597. The van der Waals surface area contributed by atoms with Crippen molar-refractivity contribution in [3.8, 4) is 6.07 Å². The summed E-state index contributed by atoms with van der Waals surface area (Å²) in [6, 6.07) is 1.03. The summed E-state index contributed by atoms with van der Waals surface area (Å²) in [5.41, 5.74) is -1.32. The van der Waals surface area contributed by atoms with Gasteiger partial charge in [-0.1, -0.05) is 6.42 Å². The SMILES string of the molecule is CC(C)(C)OC(=O)N[C@H](C(=O)N1C(C#N)CC2CC21)C1(CO)CCC1. The summed E-state index contributed by atoms with van der Waals surface area (Å²) in [7, 11) is 0. The Morgan fingerprint density at radius 3 is 2.56 bits per heavy atom. The van der Waals surface area contributed by atoms with E-state index in [4.69, 9.17) is 4.74 Å². The van der Waals surface area contributed by atoms with E-state index in [1.807, 2.05) is 0 Å². The number of nitriles is 1. The first-order valence-corrected chi connectivity index (χ1v) is 9.03. The van der Waals surface area contributed by atoms with Crippen molar-refractivity contribution in [2.75, 3.05) is 6.61 Å². The highest BCUT2D eigenvalue weighted by Gasteiger charge is 2.58. The van der Waals surface area contributed by atoms with Crippen molar-refractivity contribution in [2.24, 2.45) is 11.3 Å². The van der Waals surface area contributed by atoms with E-state index in [1.54, 1.807) is 25.7 Å². The smallest absolute Gasteiger partial charge is 0.408 e. The standard InChI is InChI=1S/C18H27N3O4/c1-17(2,3)25-16(24)20-14(18(10-22)5-4-6-18)15(23)21-12(9-19)7-11-8-13(11)21/h11-14,22H,4-8,10H2,1-3H3,(H,20,24)/t11?,12?,13?,14-/m1/s1. The summed E-state index contributed by atoms with van der Waals surface area (Å²) in [5, 5.41) is 22.0. The molecular weight excluding hydrogens is 322 g/mol. The molecule has 0 spiro atoms. The van der Waals surface area contributed by atoms with Crippen LogP contribution in [-0.2, 0) is 9.53 Å². The molecule has 7 heteroatoms. The number of piperidine rings is 1. The Labute approximate surface area is 148 Å². The van der Waals surface area contributed by atoms with Gasteiger partial charge in [-0.2, -0.15) is 5.26 Å². The fraction of sp³-hybridized carbons (Fsp3) is 0.833. The molecule has 3 rings (SSSR count). The summed E-state index contributed by atoms with van der Waals surface area (Å²) in [5.74, 6) is 0.151. The number of aliphatic hydroxyl groups excluding tert-OH is 1. The lowest BCUT2D eigenvalue weighted by Gasteiger charge is -2.47. The van der Waals surface area contributed by atoms with Crippen LogP contribution in [0.1, 0.15) is 52.9 Å². The number of likely N-dealkylation sites (tertiary alicyclic amines) is 1. The van der Waals surface area contributed by atoms with Gasteiger partial charge in [0.05, 0.1) is 12.7 Å². The summed E-state index contributed by atoms with van der Waals surface area (Å²) in [6.07, 6.45) is 3.23. The molecule has 138 valence electrons. The van der Waals surface area contributed by atoms with Gasteiger partial charge in [0, 0.05) is 11.5 Å². The Hall–Kier alpha value is -1.81. The van der Waals surface area contributed by atoms with Crippen molar-refractivity contribution < 1.29 is 19.4 Å². The fourth-order valence-electron chi connectivity index (χ4n) is 4.11. The number of alkyl carbamates (subject to hydrolysis) is 1. The molecule has 2 aliphatic carbocycles. The monoisotopic (exact) mass is 349 g/mol. The molecule has 0 radical (unpaired) electrons. The predicted molar refractivity (Wildman–Crippen MR) is 89.3 cm³/mol. The molecule has 4 atom stereocenters. The highest BCUT2D eigenvalue weighted by Crippen LogP contribution is 2.50. The van der Waals surface area contributed by atoms with Crippen LogP contribution in [0.4, 0.5) is 4.79 Å². The van der Waals surface area contributed by atoms with E-state index in [1.165, 1.54) is 0 Å². The molecule has 25 heavy (non-hydrogen) atoms. The molecule has 1 aliphatic heterocycles. The maximum absolute atomic E-state index is 13.2. The van der Waals surface area contributed by atoms with Gasteiger partial charge < -0.3 is 20.1 Å². The van der Waals surface area contributed by atoms with Gasteiger partial charge in [-0.25, -0.2) is 4.79 Å². The summed E-state index contributed by atoms with van der Waals surface area (Å²) in [6.45, 7) is 5.11. The largest absolute Gasteiger partial charge is 0.444 e. The number of rotatable bonds is 4. The number of ether oxygens (including phenoxy) is 1. The van der Waals surface area contributed by atoms with Crippen molar-refractivity contribution >= 4 is 12.0 Å². The third-order valence-electron chi connectivity index (χ3n) is 5.69. The molecule has 3 unspecified atom stereocenters. The van der Waals surface area contributed by atoms with E-state index in [0.717, 1.165) is 12.8 Å². The first-order valence-electron chi connectivity index (χ1n) is 9.03. The van der Waals surface area contributed by atoms with Crippen molar-refractivity contribution in [1.29, 1.82) is 5.26 Å². The average Bonchev–Trinajstić information content (AvgIpc) is 3.13. The quantitative estimate of drug-likeness (QED) is 0.802. The molecule has 7 nitrogen and oxygen atoms in total. The molecule has 2 N–H and O–H groups in total. The zero-order valence-corrected chi connectivity index (χ0v) is 15.1. The van der Waals surface area contributed by atoms with Crippen LogP contribution in [0, 0.1) is 22.7 Å². The van der Waals surface area contributed by atoms with Gasteiger partial charge in [0.1, 0.15) is 17.7 Å². The Kier molecular flexibility index (Phi) is 4.44. The number of amides is 2. The molecular formula is C18H27N3O4. The summed E-state index contributed by atoms with van der Waals surface area (Å²) in [4.78, 5) is 27.2. The molecule has 2 saturated carbocycles. The maximum Gasteiger partial charge on any atom is 0.408 e. The molecule has 0 aromatic heterocycles. The number of hydrogen-bond acceptors (Lipinski definition) is 5. The minimum Gasteiger partial charge on any atom is -0.444 e. The van der Waals surface area contributed by atoms with Crippen molar-refractivity contribution in [3.63, 3.8) is 0 Å². The molecule has 3 aliphatic rings. The van der Waals surface area contributed by atoms with Gasteiger partial charge in [0.2, 0.25) is 5.91 Å². The zero-order valence-electron chi connectivity index (χ0n) is 15.1. The summed E-state index contributed by atoms with van der Waals surface area (Å²) < 4.78 is 5.31. The van der Waals surface area contributed by atoms with Gasteiger partial charge in [-0.3, -0.25) is 4.79 Å². The van der Waals surface area contributed by atoms with Crippen molar-refractivity contribution in [2.45, 2.75) is 76.6 Å². The molecule has 3 fully saturated rings. The number of nitrogens with one attached hydrogen (secondary N) is 1. The van der Waals surface area contributed by atoms with E-state index in [9.17, 15) is 20.0 Å². The molecule has 0 aromatic rings. The van der Waals surface area contributed by atoms with Gasteiger partial charge in [0.25, 0.3) is 0 Å². The van der Waals surface area contributed by atoms with Crippen LogP contribution in [0.5, 0.6) is 0 Å². The third kappa shape index (κ3) is 3.32. The lowest BCUT2D eigenvalue weighted by Crippen LogP contribution is -2.62. The first-order chi connectivity index (χ1) is 11.7. The van der Waals surface area contributed by atoms with Crippen LogP contribution in [-0.4, -0.2) is 52.3 Å². The molecule has 1 heterocycles. The Morgan fingerprint density at radius 2 is 2.08 bits per heavy atom. The minimum absolute atomic E-state index is 0.107. The van der Waals surface area contributed by atoms with E-state index in [0.29, 0.717) is 25.2 Å². The normalized spacial score (nSPS) is 30.5. The number of aliphatic hydroxyl groups is 1. The van der Waals surface area contributed by atoms with Crippen LogP contribution in [0.2, 0.25) is 0 Å². The maximum atomic E-state index is 13.2. The van der Waals surface area contributed by atoms with Crippen molar-refractivity contribution in [3.05, 3.63) is 0 Å². The van der Waals surface area contributed by atoms with Gasteiger partial charge >= 0.3 is 6.09 Å². The van der Waals surface area contributed by atoms with Gasteiger partial charge in [-0.05, 0) is 52.4 Å². The van der Waals surface area contributed by atoms with Gasteiger partial charge in [0.15, 0.2) is 0 Å². The highest BCUT2D eigenvalue weighted by molar-refractivity contribution is 5.88. The van der Waals surface area contributed by atoms with E-state index in [-0.39, 0.29) is 18.6 Å². The Balaban J connectivity index is 1.80. The van der Waals surface area contributed by atoms with Crippen LogP contribution in [0.3, 0.4) is 0 Å². The van der Waals surface area contributed by atoms with Crippen molar-refractivity contribution in [1.82, 2.24) is 10.2 Å². The lowest BCUT2D eigenvalue weighted by atomic mass is 9.64. The lowest BCUT2D eigenvalue weighted by molar-refractivity contribution is -0.142. The predicted octanol–water partition coefficient (Wildman–Crippen LogP) is 1.56. The van der Waals surface area contributed by atoms with E-state index >= 15 is 0 Å². The number of hydrogen-bond donors (Lipinski definition) is 2. The summed E-state index contributed by atoms with van der Waals surface area (Å²) >= 11 is 0. The Morgan fingerprint density at radius 1 is 1.40 bits per heavy atom. The fourth-order valence-corrected chi connectivity index (χ4v) is 4.11. The van der Waals surface area contributed by atoms with Crippen LogP contribution < -0.4 is 5.32 Å². The first kappa shape index (κ1) is 18.0. The number of carbonyl (C=O) groups excluding carboxylic acids is 2. The van der Waals surface area contributed by atoms with E-state index < -0.39 is 29.2 Å². The highest BCUT2D eigenvalue weighted by atomic mass is 16.6. The molecule has 0 bridgehead atoms. The molecule has 0 aromatic carbocycles. The molecule has 1 saturated heterocycles. The second-order valence-corrected chi connectivity index (χ2v) is 8.64.